The molecule has 4 saturated heterocycles. The summed E-state index contributed by atoms with van der Waals surface area (Å²) in [4.78, 5) is 12.2. The van der Waals surface area contributed by atoms with Crippen molar-refractivity contribution < 1.29 is 83.9 Å². The van der Waals surface area contributed by atoms with Gasteiger partial charge in [-0.3, -0.25) is 4.79 Å². The molecule has 21 heteroatoms. The van der Waals surface area contributed by atoms with Crippen molar-refractivity contribution in [2.75, 3.05) is 72.7 Å². The fraction of sp³-hybridized carbons (Fsp3) is 0.971. The van der Waals surface area contributed by atoms with E-state index in [1.165, 1.54) is 6.92 Å². The zero-order chi connectivity index (χ0) is 41.3. The van der Waals surface area contributed by atoms with E-state index in [2.05, 4.69) is 5.32 Å². The molecule has 21 nitrogen and oxygen atoms in total. The van der Waals surface area contributed by atoms with Gasteiger partial charge in [0.25, 0.3) is 0 Å². The Labute approximate surface area is 326 Å². The van der Waals surface area contributed by atoms with Gasteiger partial charge in [0.15, 0.2) is 0 Å². The smallest absolute Gasteiger partial charge is 0.217 e. The quantitative estimate of drug-likeness (QED) is 0.0576. The lowest BCUT2D eigenvalue weighted by molar-refractivity contribution is -0.215. The largest absolute Gasteiger partial charge is 0.394 e. The van der Waals surface area contributed by atoms with Gasteiger partial charge in [-0.1, -0.05) is 6.92 Å². The van der Waals surface area contributed by atoms with Gasteiger partial charge in [-0.25, -0.2) is 0 Å². The summed E-state index contributed by atoms with van der Waals surface area (Å²) in [7, 11) is 0. The van der Waals surface area contributed by atoms with Gasteiger partial charge in [0, 0.05) is 30.6 Å². The van der Waals surface area contributed by atoms with Crippen LogP contribution in [0.25, 0.3) is 0 Å². The zero-order valence-corrected chi connectivity index (χ0v) is 32.1. The highest BCUT2D eigenvalue weighted by Gasteiger charge is 2.49. The number of amides is 1. The van der Waals surface area contributed by atoms with E-state index >= 15 is 0 Å². The molecule has 0 saturated carbocycles. The third-order valence-corrected chi connectivity index (χ3v) is 11.8. The van der Waals surface area contributed by atoms with Crippen molar-refractivity contribution in [1.82, 2.24) is 5.32 Å². The minimum atomic E-state index is -1.30. The Morgan fingerprint density at radius 1 is 0.500 bits per heavy atom. The van der Waals surface area contributed by atoms with Crippen LogP contribution >= 0.6 is 0 Å². The molecule has 0 spiro atoms. The molecule has 328 valence electrons. The van der Waals surface area contributed by atoms with E-state index in [-0.39, 0.29) is 52.2 Å². The zero-order valence-electron chi connectivity index (χ0n) is 32.1. The van der Waals surface area contributed by atoms with E-state index in [0.29, 0.717) is 6.42 Å². The highest BCUT2D eigenvalue weighted by atomic mass is 16.6. The second-order valence-electron chi connectivity index (χ2n) is 15.4. The molecule has 4 fully saturated rings. The standard InChI is InChI=1S/C35H66N4O17/c1-3-16-20(4-40)54-25(29(37)32(16)46)12-50-9-18-22(6-42)55-26(30(38)34(18)48)13-51-11-19-23(7-43)56-27(31(35(19)49)39-15(2)45)14-52-10-17-21(5-41)53-24(8-44)28(36)33(17)47/h16-35,40-44,46-49H,3-14,36-38H2,1-2H3,(H,39,45). The number of aliphatic hydroxyl groups is 9. The maximum absolute atomic E-state index is 12.2. The fourth-order valence-corrected chi connectivity index (χ4v) is 8.36. The van der Waals surface area contributed by atoms with E-state index in [4.69, 9.17) is 50.4 Å². The van der Waals surface area contributed by atoms with Crippen LogP contribution in [0.4, 0.5) is 0 Å². The number of carbonyl (C=O) groups excluding carboxylic acids is 1. The molecule has 0 bridgehead atoms. The minimum absolute atomic E-state index is 0.0537. The van der Waals surface area contributed by atoms with E-state index in [1.54, 1.807) is 0 Å². The average Bonchev–Trinajstić information content (AvgIpc) is 3.18. The van der Waals surface area contributed by atoms with Gasteiger partial charge in [0.05, 0.1) is 164 Å². The number of ether oxygens (including phenoxy) is 7. The molecule has 0 radical (unpaired) electrons. The van der Waals surface area contributed by atoms with Crippen LogP contribution in [0.1, 0.15) is 20.3 Å². The number of hydrogen-bond donors (Lipinski definition) is 13. The van der Waals surface area contributed by atoms with E-state index in [0.717, 1.165) is 0 Å². The topological polar surface area (TPSA) is 354 Å². The summed E-state index contributed by atoms with van der Waals surface area (Å²) < 4.78 is 41.2. The van der Waals surface area contributed by atoms with Crippen LogP contribution in [0.15, 0.2) is 0 Å². The fourth-order valence-electron chi connectivity index (χ4n) is 8.36. The lowest BCUT2D eigenvalue weighted by atomic mass is 9.84. The Morgan fingerprint density at radius 3 is 1.21 bits per heavy atom. The van der Waals surface area contributed by atoms with Gasteiger partial charge < -0.3 is 102 Å². The Morgan fingerprint density at radius 2 is 0.821 bits per heavy atom. The predicted molar refractivity (Wildman–Crippen MR) is 192 cm³/mol. The highest BCUT2D eigenvalue weighted by molar-refractivity contribution is 5.73. The van der Waals surface area contributed by atoms with Crippen molar-refractivity contribution in [2.45, 2.75) is 118 Å². The Balaban J connectivity index is 1.30. The maximum atomic E-state index is 12.2. The van der Waals surface area contributed by atoms with Crippen molar-refractivity contribution in [3.05, 3.63) is 0 Å². The second-order valence-corrected chi connectivity index (χ2v) is 15.4. The molecule has 56 heavy (non-hydrogen) atoms. The predicted octanol–water partition coefficient (Wildman–Crippen LogP) is -7.13. The first kappa shape index (κ1) is 47.4. The summed E-state index contributed by atoms with van der Waals surface area (Å²) in [6.45, 7) is 0.0414. The molecule has 4 heterocycles. The Bertz CT molecular complexity index is 1160. The van der Waals surface area contributed by atoms with Crippen molar-refractivity contribution in [1.29, 1.82) is 0 Å². The van der Waals surface area contributed by atoms with Crippen LogP contribution < -0.4 is 22.5 Å². The number of hydrogen-bond acceptors (Lipinski definition) is 20. The molecule has 4 aliphatic rings. The van der Waals surface area contributed by atoms with Crippen molar-refractivity contribution >= 4 is 5.91 Å². The lowest BCUT2D eigenvalue weighted by Crippen LogP contribution is -2.64. The van der Waals surface area contributed by atoms with Gasteiger partial charge in [-0.15, -0.1) is 0 Å². The summed E-state index contributed by atoms with van der Waals surface area (Å²) in [6, 6.07) is -3.70. The third kappa shape index (κ3) is 11.1. The molecular weight excluding hydrogens is 748 g/mol. The summed E-state index contributed by atoms with van der Waals surface area (Å²) >= 11 is 0. The minimum Gasteiger partial charge on any atom is -0.394 e. The van der Waals surface area contributed by atoms with Crippen molar-refractivity contribution in [2.24, 2.45) is 40.9 Å². The van der Waals surface area contributed by atoms with E-state index in [9.17, 15) is 50.8 Å². The van der Waals surface area contributed by atoms with Gasteiger partial charge in [-0.05, 0) is 6.42 Å². The van der Waals surface area contributed by atoms with Crippen LogP contribution in [-0.2, 0) is 38.0 Å². The molecule has 0 aliphatic carbocycles. The van der Waals surface area contributed by atoms with Crippen LogP contribution in [0, 0.1) is 23.7 Å². The Kier molecular flexibility index (Phi) is 18.9. The maximum Gasteiger partial charge on any atom is 0.217 e. The molecule has 0 aromatic rings. The summed E-state index contributed by atoms with van der Waals surface area (Å²) in [5.41, 5.74) is 18.6. The first-order chi connectivity index (χ1) is 26.8. The number of nitrogens with one attached hydrogen (secondary N) is 1. The van der Waals surface area contributed by atoms with E-state index in [1.807, 2.05) is 6.92 Å². The van der Waals surface area contributed by atoms with Gasteiger partial charge in [-0.2, -0.15) is 0 Å². The van der Waals surface area contributed by atoms with Gasteiger partial charge >= 0.3 is 0 Å². The first-order valence-corrected chi connectivity index (χ1v) is 19.4. The van der Waals surface area contributed by atoms with Crippen LogP contribution in [0.2, 0.25) is 0 Å². The van der Waals surface area contributed by atoms with E-state index < -0.39 is 148 Å². The molecule has 1 amide bonds. The lowest BCUT2D eigenvalue weighted by Gasteiger charge is -2.46. The summed E-state index contributed by atoms with van der Waals surface area (Å²) in [6.07, 6.45) is -10.8. The summed E-state index contributed by atoms with van der Waals surface area (Å²) in [5, 5.41) is 96.1. The normalized spacial score (nSPS) is 44.8. The van der Waals surface area contributed by atoms with Gasteiger partial charge in [0.1, 0.15) is 6.10 Å². The molecule has 4 aliphatic heterocycles. The summed E-state index contributed by atoms with van der Waals surface area (Å²) in [5.74, 6) is -3.19. The molecule has 20 atom stereocenters. The molecule has 0 aromatic heterocycles. The third-order valence-electron chi connectivity index (χ3n) is 11.8. The monoisotopic (exact) mass is 814 g/mol. The number of aliphatic hydroxyl groups excluding tert-OH is 9. The van der Waals surface area contributed by atoms with Crippen LogP contribution in [-0.4, -0.2) is 222 Å². The number of carbonyl (C=O) groups is 1. The first-order valence-electron chi connectivity index (χ1n) is 19.4. The molecular formula is C35H66N4O17. The number of nitrogens with two attached hydrogens (primary N) is 3. The average molecular weight is 815 g/mol. The van der Waals surface area contributed by atoms with Crippen LogP contribution in [0.3, 0.4) is 0 Å². The molecule has 0 aromatic carbocycles. The second kappa shape index (κ2) is 22.4. The molecule has 20 unspecified atom stereocenters. The van der Waals surface area contributed by atoms with Gasteiger partial charge in [0.2, 0.25) is 5.91 Å². The highest BCUT2D eigenvalue weighted by Crippen LogP contribution is 2.32. The van der Waals surface area contributed by atoms with Crippen molar-refractivity contribution in [3.8, 4) is 0 Å². The van der Waals surface area contributed by atoms with Crippen molar-refractivity contribution in [3.63, 3.8) is 0 Å². The Hall–Kier alpha value is -1.29. The van der Waals surface area contributed by atoms with Crippen LogP contribution in [0.5, 0.6) is 0 Å². The number of rotatable bonds is 19. The SMILES string of the molecule is CCC1C(CO)OC(COCC2C(CO)OC(COCC3C(CO)OC(COCC4C(CO)OC(CO)C(N)C4O)C(NC(C)=O)C3O)C(N)C2O)C(N)C1O. The molecule has 4 rings (SSSR count). The molecule has 16 N–H and O–H groups in total.